The summed E-state index contributed by atoms with van der Waals surface area (Å²) in [5, 5.41) is 3.08. The molecule has 0 heterocycles. The Labute approximate surface area is 108 Å². The Bertz CT molecular complexity index is 411. The molecular formula is C15H20FNO. The molecule has 1 saturated carbocycles. The zero-order chi connectivity index (χ0) is 13.1. The first kappa shape index (κ1) is 13.1. The molecule has 0 aromatic heterocycles. The van der Waals surface area contributed by atoms with Gasteiger partial charge in [0.25, 0.3) is 0 Å². The fourth-order valence-electron chi connectivity index (χ4n) is 2.36. The Kier molecular flexibility index (Phi) is 4.00. The molecule has 1 aliphatic rings. The average molecular weight is 249 g/mol. The van der Waals surface area contributed by atoms with Crippen LogP contribution in [-0.4, -0.2) is 11.9 Å². The predicted molar refractivity (Wildman–Crippen MR) is 69.8 cm³/mol. The highest BCUT2D eigenvalue weighted by molar-refractivity contribution is 5.83. The highest BCUT2D eigenvalue weighted by atomic mass is 19.1. The number of halogens is 1. The van der Waals surface area contributed by atoms with Gasteiger partial charge in [-0.25, -0.2) is 4.39 Å². The van der Waals surface area contributed by atoms with Crippen LogP contribution >= 0.6 is 0 Å². The molecule has 1 aromatic carbocycles. The minimum Gasteiger partial charge on any atom is -0.353 e. The number of benzene rings is 1. The first-order valence-electron chi connectivity index (χ1n) is 6.71. The summed E-state index contributed by atoms with van der Waals surface area (Å²) in [5.74, 6) is 0.284. The number of amides is 1. The van der Waals surface area contributed by atoms with Gasteiger partial charge in [-0.1, -0.05) is 26.0 Å². The molecule has 0 radical (unpaired) electrons. The van der Waals surface area contributed by atoms with Crippen molar-refractivity contribution in [2.24, 2.45) is 5.92 Å². The molecule has 2 atom stereocenters. The molecule has 1 aromatic rings. The molecule has 2 unspecified atom stereocenters. The highest BCUT2D eigenvalue weighted by Crippen LogP contribution is 2.47. The Morgan fingerprint density at radius 1 is 1.33 bits per heavy atom. The monoisotopic (exact) mass is 249 g/mol. The van der Waals surface area contributed by atoms with Crippen LogP contribution in [0.4, 0.5) is 4.39 Å². The van der Waals surface area contributed by atoms with Gasteiger partial charge in [-0.3, -0.25) is 4.79 Å². The second-order valence-electron chi connectivity index (χ2n) is 5.02. The summed E-state index contributed by atoms with van der Waals surface area (Å²) in [4.78, 5) is 12.0. The smallest absolute Gasteiger partial charge is 0.223 e. The summed E-state index contributed by atoms with van der Waals surface area (Å²) in [6.45, 7) is 4.16. The summed E-state index contributed by atoms with van der Waals surface area (Å²) in [6.07, 6.45) is 2.82. The van der Waals surface area contributed by atoms with Gasteiger partial charge in [-0.05, 0) is 42.9 Å². The van der Waals surface area contributed by atoms with E-state index in [1.807, 2.05) is 0 Å². The zero-order valence-corrected chi connectivity index (χ0v) is 10.9. The van der Waals surface area contributed by atoms with Crippen LogP contribution < -0.4 is 5.32 Å². The molecule has 18 heavy (non-hydrogen) atoms. The number of rotatable bonds is 5. The van der Waals surface area contributed by atoms with Crippen molar-refractivity contribution in [1.82, 2.24) is 5.32 Å². The molecular weight excluding hydrogens is 229 g/mol. The van der Waals surface area contributed by atoms with Crippen LogP contribution in [0.5, 0.6) is 0 Å². The largest absolute Gasteiger partial charge is 0.353 e. The van der Waals surface area contributed by atoms with E-state index in [0.29, 0.717) is 0 Å². The van der Waals surface area contributed by atoms with E-state index < -0.39 is 0 Å². The minimum absolute atomic E-state index is 0.0797. The fraction of sp³-hybridized carbons (Fsp3) is 0.533. The van der Waals surface area contributed by atoms with Gasteiger partial charge >= 0.3 is 0 Å². The summed E-state index contributed by atoms with van der Waals surface area (Å²) in [7, 11) is 0. The third-order valence-corrected chi connectivity index (χ3v) is 3.76. The van der Waals surface area contributed by atoms with Gasteiger partial charge in [0, 0.05) is 12.0 Å². The number of hydrogen-bond donors (Lipinski definition) is 1. The number of carbonyl (C=O) groups excluding carboxylic acids is 1. The molecule has 0 saturated heterocycles. The molecule has 2 nitrogen and oxygen atoms in total. The van der Waals surface area contributed by atoms with E-state index in [9.17, 15) is 9.18 Å². The third-order valence-electron chi connectivity index (χ3n) is 3.76. The molecule has 0 spiro atoms. The Morgan fingerprint density at radius 2 is 1.94 bits per heavy atom. The van der Waals surface area contributed by atoms with Gasteiger partial charge in [0.1, 0.15) is 5.82 Å². The van der Waals surface area contributed by atoms with Gasteiger partial charge in [0.15, 0.2) is 0 Å². The van der Waals surface area contributed by atoms with Crippen molar-refractivity contribution in [3.63, 3.8) is 0 Å². The molecule has 0 aliphatic heterocycles. The summed E-state index contributed by atoms with van der Waals surface area (Å²) >= 11 is 0. The van der Waals surface area contributed by atoms with Gasteiger partial charge in [0.2, 0.25) is 5.91 Å². The van der Waals surface area contributed by atoms with Gasteiger partial charge in [0.05, 0.1) is 0 Å². The van der Waals surface area contributed by atoms with E-state index in [1.54, 1.807) is 12.1 Å². The van der Waals surface area contributed by atoms with E-state index in [-0.39, 0.29) is 29.6 Å². The maximum absolute atomic E-state index is 12.8. The molecule has 3 heteroatoms. The van der Waals surface area contributed by atoms with Crippen LogP contribution in [0.15, 0.2) is 24.3 Å². The topological polar surface area (TPSA) is 29.1 Å². The van der Waals surface area contributed by atoms with Crippen molar-refractivity contribution in [1.29, 1.82) is 0 Å². The molecule has 1 N–H and O–H groups in total. The number of hydrogen-bond acceptors (Lipinski definition) is 1. The first-order valence-corrected chi connectivity index (χ1v) is 6.71. The van der Waals surface area contributed by atoms with Crippen molar-refractivity contribution in [2.75, 3.05) is 0 Å². The Hall–Kier alpha value is -1.38. The lowest BCUT2D eigenvalue weighted by Crippen LogP contribution is -2.35. The second kappa shape index (κ2) is 5.51. The zero-order valence-electron chi connectivity index (χ0n) is 10.9. The maximum Gasteiger partial charge on any atom is 0.223 e. The molecule has 1 fully saturated rings. The minimum atomic E-state index is -0.225. The Morgan fingerprint density at radius 3 is 2.50 bits per heavy atom. The van der Waals surface area contributed by atoms with E-state index >= 15 is 0 Å². The van der Waals surface area contributed by atoms with E-state index in [0.717, 1.165) is 24.8 Å². The lowest BCUT2D eigenvalue weighted by molar-refractivity contribution is -0.123. The van der Waals surface area contributed by atoms with Crippen LogP contribution in [0.25, 0.3) is 0 Å². The van der Waals surface area contributed by atoms with E-state index in [4.69, 9.17) is 0 Å². The van der Waals surface area contributed by atoms with Crippen molar-refractivity contribution in [3.05, 3.63) is 35.6 Å². The standard InChI is InChI=1S/C15H20FNO/c1-3-12(4-2)17-15(18)14-9-13(14)10-5-7-11(16)8-6-10/h5-8,12-14H,3-4,9H2,1-2H3,(H,17,18). The highest BCUT2D eigenvalue weighted by Gasteiger charge is 2.44. The van der Waals surface area contributed by atoms with Crippen LogP contribution in [0.1, 0.15) is 44.6 Å². The molecule has 1 aliphatic carbocycles. The van der Waals surface area contributed by atoms with Crippen LogP contribution in [-0.2, 0) is 4.79 Å². The van der Waals surface area contributed by atoms with E-state index in [2.05, 4.69) is 19.2 Å². The predicted octanol–water partition coefficient (Wildman–Crippen LogP) is 3.23. The van der Waals surface area contributed by atoms with Crippen molar-refractivity contribution in [2.45, 2.75) is 45.1 Å². The third kappa shape index (κ3) is 2.89. The van der Waals surface area contributed by atoms with Gasteiger partial charge < -0.3 is 5.32 Å². The lowest BCUT2D eigenvalue weighted by atomic mass is 10.1. The molecule has 1 amide bonds. The maximum atomic E-state index is 12.8. The first-order chi connectivity index (χ1) is 8.65. The van der Waals surface area contributed by atoms with Crippen molar-refractivity contribution >= 4 is 5.91 Å². The summed E-state index contributed by atoms with van der Waals surface area (Å²) in [6, 6.07) is 6.77. The normalized spacial score (nSPS) is 22.0. The van der Waals surface area contributed by atoms with Gasteiger partial charge in [-0.2, -0.15) is 0 Å². The van der Waals surface area contributed by atoms with Crippen LogP contribution in [0.3, 0.4) is 0 Å². The van der Waals surface area contributed by atoms with E-state index in [1.165, 1.54) is 12.1 Å². The summed E-state index contributed by atoms with van der Waals surface area (Å²) < 4.78 is 12.8. The van der Waals surface area contributed by atoms with Crippen molar-refractivity contribution in [3.8, 4) is 0 Å². The SMILES string of the molecule is CCC(CC)NC(=O)C1CC1c1ccc(F)cc1. The quantitative estimate of drug-likeness (QED) is 0.852. The summed E-state index contributed by atoms with van der Waals surface area (Å²) in [5.41, 5.74) is 1.07. The number of nitrogens with one attached hydrogen (secondary N) is 1. The average Bonchev–Trinajstić information content (AvgIpc) is 3.17. The molecule has 98 valence electrons. The van der Waals surface area contributed by atoms with Crippen LogP contribution in [0, 0.1) is 11.7 Å². The van der Waals surface area contributed by atoms with Gasteiger partial charge in [-0.15, -0.1) is 0 Å². The fourth-order valence-corrected chi connectivity index (χ4v) is 2.36. The Balaban J connectivity index is 1.90. The molecule has 2 rings (SSSR count). The lowest BCUT2D eigenvalue weighted by Gasteiger charge is -2.14. The van der Waals surface area contributed by atoms with Crippen molar-refractivity contribution < 1.29 is 9.18 Å². The van der Waals surface area contributed by atoms with Crippen LogP contribution in [0.2, 0.25) is 0 Å². The molecule has 0 bridgehead atoms. The number of carbonyl (C=O) groups is 1. The second-order valence-corrected chi connectivity index (χ2v) is 5.02.